The number of carbonyl (C=O) groups excluding carboxylic acids is 1. The van der Waals surface area contributed by atoms with Gasteiger partial charge < -0.3 is 15.0 Å². The first-order valence-corrected chi connectivity index (χ1v) is 12.5. The summed E-state index contributed by atoms with van der Waals surface area (Å²) in [5, 5.41) is 12.5. The van der Waals surface area contributed by atoms with Crippen LogP contribution in [-0.4, -0.2) is 37.5 Å². The van der Waals surface area contributed by atoms with Gasteiger partial charge in [0, 0.05) is 18.9 Å². The van der Waals surface area contributed by atoms with E-state index in [1.807, 2.05) is 12.1 Å². The van der Waals surface area contributed by atoms with Gasteiger partial charge in [-0.15, -0.1) is 0 Å². The van der Waals surface area contributed by atoms with Gasteiger partial charge in [-0.2, -0.15) is 0 Å². The Labute approximate surface area is 202 Å². The van der Waals surface area contributed by atoms with E-state index >= 15 is 0 Å². The fourth-order valence-corrected chi connectivity index (χ4v) is 8.42. The molecule has 7 rings (SSSR count). The number of nitrogens with one attached hydrogen (secondary N) is 1. The monoisotopic (exact) mass is 472 g/mol. The summed E-state index contributed by atoms with van der Waals surface area (Å²) in [6.07, 6.45) is 11.3. The highest BCUT2D eigenvalue weighted by atomic mass is 16.4. The Morgan fingerprint density at radius 2 is 2.00 bits per heavy atom. The lowest BCUT2D eigenvalue weighted by molar-refractivity contribution is -0.00254. The molecule has 4 aliphatic carbocycles. The van der Waals surface area contributed by atoms with E-state index in [4.69, 9.17) is 0 Å². The number of hydrogen-bond donors (Lipinski definition) is 2. The molecule has 3 aromatic heterocycles. The second-order valence-electron chi connectivity index (χ2n) is 11.5. The summed E-state index contributed by atoms with van der Waals surface area (Å²) >= 11 is 0. The Morgan fingerprint density at radius 3 is 2.86 bits per heavy atom. The molecule has 4 aliphatic rings. The molecule has 3 heterocycles. The highest BCUT2D eigenvalue weighted by molar-refractivity contribution is 5.93. The van der Waals surface area contributed by atoms with Crippen molar-refractivity contribution in [3.8, 4) is 0 Å². The number of hydrogen-bond acceptors (Lipinski definition) is 4. The fourth-order valence-electron chi connectivity index (χ4n) is 8.42. The number of carboxylic acids is 1. The average molecular weight is 473 g/mol. The number of fused-ring (bicyclic) bond motifs is 3. The predicted octanol–water partition coefficient (Wildman–Crippen LogP) is 3.19. The van der Waals surface area contributed by atoms with Gasteiger partial charge in [-0.3, -0.25) is 14.0 Å². The van der Waals surface area contributed by atoms with Crippen molar-refractivity contribution in [2.24, 2.45) is 28.6 Å². The second-order valence-corrected chi connectivity index (χ2v) is 11.5. The van der Waals surface area contributed by atoms with Crippen molar-refractivity contribution < 1.29 is 14.7 Å². The van der Waals surface area contributed by atoms with Crippen LogP contribution < -0.4 is 10.9 Å². The third-order valence-corrected chi connectivity index (χ3v) is 9.57. The lowest BCUT2D eigenvalue weighted by Gasteiger charge is -2.49. The Hall–Kier alpha value is -3.42. The fraction of sp³-hybridized carbons (Fsp3) is 0.481. The van der Waals surface area contributed by atoms with Crippen LogP contribution in [0, 0.1) is 28.6 Å². The van der Waals surface area contributed by atoms with E-state index in [1.165, 1.54) is 55.2 Å². The Morgan fingerprint density at radius 1 is 1.11 bits per heavy atom. The number of rotatable bonds is 6. The van der Waals surface area contributed by atoms with Gasteiger partial charge in [0.2, 0.25) is 0 Å². The van der Waals surface area contributed by atoms with Gasteiger partial charge in [0.25, 0.3) is 11.5 Å². The number of amides is 1. The predicted molar refractivity (Wildman–Crippen MR) is 127 cm³/mol. The SMILES string of the molecule is O=C(O)c1cccn(Cc2cn3c(C(=O)NCC45CC6CC7CC(C4)C7(C6)C5)cccc3n2)c1=O. The minimum atomic E-state index is -1.26. The molecule has 0 aliphatic heterocycles. The molecule has 0 aromatic carbocycles. The largest absolute Gasteiger partial charge is 0.477 e. The van der Waals surface area contributed by atoms with Crippen LogP contribution in [0.5, 0.6) is 0 Å². The smallest absolute Gasteiger partial charge is 0.341 e. The number of carbonyl (C=O) groups is 2. The maximum absolute atomic E-state index is 13.3. The zero-order valence-electron chi connectivity index (χ0n) is 19.4. The van der Waals surface area contributed by atoms with Crippen LogP contribution in [0.15, 0.2) is 47.5 Å². The van der Waals surface area contributed by atoms with Crippen LogP contribution in [0.4, 0.5) is 0 Å². The van der Waals surface area contributed by atoms with E-state index in [0.29, 0.717) is 22.5 Å². The summed E-state index contributed by atoms with van der Waals surface area (Å²) in [7, 11) is 0. The van der Waals surface area contributed by atoms with Gasteiger partial charge >= 0.3 is 5.97 Å². The van der Waals surface area contributed by atoms with Crippen LogP contribution in [0.3, 0.4) is 0 Å². The van der Waals surface area contributed by atoms with Crippen LogP contribution >= 0.6 is 0 Å². The van der Waals surface area contributed by atoms with Crippen LogP contribution in [-0.2, 0) is 6.54 Å². The summed E-state index contributed by atoms with van der Waals surface area (Å²) in [6.45, 7) is 0.862. The summed E-state index contributed by atoms with van der Waals surface area (Å²) in [5.41, 5.74) is 1.71. The van der Waals surface area contributed by atoms with Gasteiger partial charge in [-0.05, 0) is 91.4 Å². The van der Waals surface area contributed by atoms with Crippen LogP contribution in [0.1, 0.15) is 65.1 Å². The molecule has 8 heteroatoms. The van der Waals surface area contributed by atoms with Gasteiger partial charge in [-0.25, -0.2) is 9.78 Å². The van der Waals surface area contributed by atoms with E-state index in [1.54, 1.807) is 22.9 Å². The molecule has 3 bridgehead atoms. The van der Waals surface area contributed by atoms with Crippen molar-refractivity contribution in [2.75, 3.05) is 6.54 Å². The second kappa shape index (κ2) is 7.06. The minimum Gasteiger partial charge on any atom is -0.477 e. The molecule has 1 amide bonds. The molecule has 0 saturated heterocycles. The molecule has 3 aromatic rings. The lowest BCUT2D eigenvalue weighted by atomic mass is 9.55. The maximum atomic E-state index is 13.3. The normalized spacial score (nSPS) is 31.9. The van der Waals surface area contributed by atoms with E-state index in [-0.39, 0.29) is 23.4 Å². The third kappa shape index (κ3) is 2.98. The topological polar surface area (TPSA) is 106 Å². The van der Waals surface area contributed by atoms with Gasteiger partial charge in [-0.1, -0.05) is 6.07 Å². The van der Waals surface area contributed by atoms with E-state index < -0.39 is 11.5 Å². The van der Waals surface area contributed by atoms with Crippen molar-refractivity contribution in [1.29, 1.82) is 0 Å². The number of imidazole rings is 1. The average Bonchev–Trinajstić information content (AvgIpc) is 3.38. The highest BCUT2D eigenvalue weighted by Gasteiger charge is 2.70. The molecule has 5 unspecified atom stereocenters. The summed E-state index contributed by atoms with van der Waals surface area (Å²) in [6, 6.07) is 8.26. The van der Waals surface area contributed by atoms with E-state index in [9.17, 15) is 19.5 Å². The third-order valence-electron chi connectivity index (χ3n) is 9.57. The van der Waals surface area contributed by atoms with Crippen molar-refractivity contribution in [3.63, 3.8) is 0 Å². The first-order valence-electron chi connectivity index (χ1n) is 12.5. The Bertz CT molecular complexity index is 1450. The van der Waals surface area contributed by atoms with Gasteiger partial charge in [0.15, 0.2) is 0 Å². The number of pyridine rings is 2. The number of aromatic carboxylic acids is 1. The molecule has 1 spiro atoms. The standard InChI is InChI=1S/C27H28N4O4/c32-23(28-15-26-9-16-7-17-8-18(11-26)27(17,10-16)14-26)21-4-1-5-22-29-19(13-31(21)22)12-30-6-2-3-20(24(30)33)25(34)35/h1-6,13,16-18H,7-12,14-15H2,(H,28,32)(H,34,35). The van der Waals surface area contributed by atoms with Gasteiger partial charge in [0.05, 0.1) is 12.2 Å². The molecule has 180 valence electrons. The molecule has 8 nitrogen and oxygen atoms in total. The number of nitrogens with zero attached hydrogens (tertiary/aromatic N) is 3. The summed E-state index contributed by atoms with van der Waals surface area (Å²) < 4.78 is 3.08. The summed E-state index contributed by atoms with van der Waals surface area (Å²) in [4.78, 5) is 41.6. The molecule has 2 N–H and O–H groups in total. The Kier molecular flexibility index (Phi) is 4.22. The molecule has 5 atom stereocenters. The van der Waals surface area contributed by atoms with Crippen molar-refractivity contribution in [1.82, 2.24) is 19.3 Å². The first kappa shape index (κ1) is 20.9. The molecule has 4 saturated carbocycles. The molecule has 0 radical (unpaired) electrons. The molecule has 35 heavy (non-hydrogen) atoms. The van der Waals surface area contributed by atoms with E-state index in [2.05, 4.69) is 10.3 Å². The molecular weight excluding hydrogens is 444 g/mol. The Balaban J connectivity index is 1.12. The zero-order chi connectivity index (χ0) is 23.9. The minimum absolute atomic E-state index is 0.106. The van der Waals surface area contributed by atoms with Crippen LogP contribution in [0.2, 0.25) is 0 Å². The quantitative estimate of drug-likeness (QED) is 0.573. The molecular formula is C27H28N4O4. The number of carboxylic acid groups (broad SMARTS) is 1. The first-order chi connectivity index (χ1) is 16.9. The molecule has 4 fully saturated rings. The van der Waals surface area contributed by atoms with Crippen LogP contribution in [0.25, 0.3) is 5.65 Å². The number of aromatic nitrogens is 3. The zero-order valence-corrected chi connectivity index (χ0v) is 19.4. The van der Waals surface area contributed by atoms with Crippen molar-refractivity contribution in [3.05, 3.63) is 70.0 Å². The van der Waals surface area contributed by atoms with Crippen molar-refractivity contribution >= 4 is 17.5 Å². The summed E-state index contributed by atoms with van der Waals surface area (Å²) in [5.74, 6) is 1.30. The van der Waals surface area contributed by atoms with Crippen molar-refractivity contribution in [2.45, 2.75) is 45.1 Å². The lowest BCUT2D eigenvalue weighted by Crippen LogP contribution is -2.43. The van der Waals surface area contributed by atoms with Gasteiger partial charge in [0.1, 0.15) is 16.9 Å². The highest BCUT2D eigenvalue weighted by Crippen LogP contribution is 2.78. The van der Waals surface area contributed by atoms with E-state index in [0.717, 1.165) is 24.3 Å². The maximum Gasteiger partial charge on any atom is 0.341 e.